The van der Waals surface area contributed by atoms with Crippen LogP contribution in [0.1, 0.15) is 22.9 Å². The van der Waals surface area contributed by atoms with Crippen molar-refractivity contribution in [3.05, 3.63) is 89.7 Å². The summed E-state index contributed by atoms with van der Waals surface area (Å²) in [4.78, 5) is 2.30. The molecular weight excluding hydrogens is 326 g/mol. The molecule has 1 aliphatic rings. The van der Waals surface area contributed by atoms with Gasteiger partial charge in [-0.05, 0) is 48.5 Å². The van der Waals surface area contributed by atoms with E-state index in [1.54, 1.807) is 0 Å². The molecule has 3 aromatic rings. The minimum atomic E-state index is 0.133. The summed E-state index contributed by atoms with van der Waals surface area (Å²) >= 11 is 5.80. The first-order chi connectivity index (χ1) is 12.2. The third-order valence-corrected chi connectivity index (χ3v) is 5.14. The standard InChI is InChI=1S/C21H21N3S/c1-16-8-5-6-11-18(16)22-21(25)24-15-14-23-13-7-12-19(23)20(24)17-9-3-2-4-10-17/h2-13,20H,14-15H2,1H3,(H,22,25)/t20-/m0/s1. The van der Waals surface area contributed by atoms with E-state index in [1.165, 1.54) is 16.8 Å². The molecule has 0 amide bonds. The summed E-state index contributed by atoms with van der Waals surface area (Å²) in [6.07, 6.45) is 2.15. The van der Waals surface area contributed by atoms with Crippen LogP contribution in [-0.4, -0.2) is 21.1 Å². The maximum atomic E-state index is 5.80. The molecule has 126 valence electrons. The second-order valence-electron chi connectivity index (χ2n) is 6.38. The van der Waals surface area contributed by atoms with Gasteiger partial charge in [0.2, 0.25) is 0 Å². The molecule has 1 atom stereocenters. The summed E-state index contributed by atoms with van der Waals surface area (Å²) in [5, 5.41) is 4.22. The van der Waals surface area contributed by atoms with Gasteiger partial charge in [0.05, 0.1) is 6.04 Å². The molecule has 2 heterocycles. The number of aromatic nitrogens is 1. The molecule has 0 radical (unpaired) electrons. The van der Waals surface area contributed by atoms with E-state index in [0.717, 1.165) is 23.9 Å². The first-order valence-electron chi connectivity index (χ1n) is 8.57. The molecule has 0 saturated carbocycles. The summed E-state index contributed by atoms with van der Waals surface area (Å²) in [5.74, 6) is 0. The van der Waals surface area contributed by atoms with Crippen molar-refractivity contribution in [1.29, 1.82) is 0 Å². The largest absolute Gasteiger partial charge is 0.348 e. The van der Waals surface area contributed by atoms with Crippen LogP contribution < -0.4 is 5.32 Å². The first-order valence-corrected chi connectivity index (χ1v) is 8.98. The molecule has 2 aromatic carbocycles. The smallest absolute Gasteiger partial charge is 0.174 e. The molecule has 0 bridgehead atoms. The highest BCUT2D eigenvalue weighted by molar-refractivity contribution is 7.80. The summed E-state index contributed by atoms with van der Waals surface area (Å²) in [6, 6.07) is 23.3. The number of nitrogens with one attached hydrogen (secondary N) is 1. The molecule has 4 rings (SSSR count). The van der Waals surface area contributed by atoms with Crippen LogP contribution in [0, 0.1) is 6.92 Å². The van der Waals surface area contributed by atoms with Crippen molar-refractivity contribution in [2.75, 3.05) is 11.9 Å². The van der Waals surface area contributed by atoms with E-state index < -0.39 is 0 Å². The number of para-hydroxylation sites is 1. The molecule has 0 spiro atoms. The number of benzene rings is 2. The average molecular weight is 347 g/mol. The second kappa shape index (κ2) is 6.73. The molecule has 1 N–H and O–H groups in total. The fourth-order valence-electron chi connectivity index (χ4n) is 3.49. The van der Waals surface area contributed by atoms with Gasteiger partial charge >= 0.3 is 0 Å². The van der Waals surface area contributed by atoms with Crippen LogP contribution in [0.2, 0.25) is 0 Å². The summed E-state index contributed by atoms with van der Waals surface area (Å²) in [5.41, 5.74) is 4.81. The highest BCUT2D eigenvalue weighted by atomic mass is 32.1. The van der Waals surface area contributed by atoms with E-state index in [4.69, 9.17) is 12.2 Å². The number of anilines is 1. The number of hydrogen-bond acceptors (Lipinski definition) is 1. The molecule has 1 aromatic heterocycles. The van der Waals surface area contributed by atoms with Crippen molar-refractivity contribution >= 4 is 23.0 Å². The van der Waals surface area contributed by atoms with Gasteiger partial charge in [-0.15, -0.1) is 0 Å². The zero-order chi connectivity index (χ0) is 17.2. The Labute approximate surface area is 153 Å². The van der Waals surface area contributed by atoms with Crippen LogP contribution in [-0.2, 0) is 6.54 Å². The summed E-state index contributed by atoms with van der Waals surface area (Å²) in [7, 11) is 0. The van der Waals surface area contributed by atoms with Gasteiger partial charge in [0.15, 0.2) is 5.11 Å². The quantitative estimate of drug-likeness (QED) is 0.684. The Bertz CT molecular complexity index is 885. The van der Waals surface area contributed by atoms with Gasteiger partial charge in [-0.1, -0.05) is 48.5 Å². The molecule has 0 saturated heterocycles. The lowest BCUT2D eigenvalue weighted by Gasteiger charge is -2.39. The predicted molar refractivity (Wildman–Crippen MR) is 107 cm³/mol. The summed E-state index contributed by atoms with van der Waals surface area (Å²) < 4.78 is 2.32. The number of hydrogen-bond donors (Lipinski definition) is 1. The Morgan fingerprint density at radius 1 is 0.960 bits per heavy atom. The van der Waals surface area contributed by atoms with Gasteiger partial charge in [-0.3, -0.25) is 0 Å². The molecule has 0 fully saturated rings. The topological polar surface area (TPSA) is 20.2 Å². The van der Waals surface area contributed by atoms with Crippen molar-refractivity contribution in [2.45, 2.75) is 19.5 Å². The van der Waals surface area contributed by atoms with Crippen molar-refractivity contribution in [2.24, 2.45) is 0 Å². The lowest BCUT2D eigenvalue weighted by atomic mass is 10.0. The monoisotopic (exact) mass is 347 g/mol. The van der Waals surface area contributed by atoms with Crippen LogP contribution in [0.25, 0.3) is 0 Å². The predicted octanol–water partition coefficient (Wildman–Crippen LogP) is 4.60. The van der Waals surface area contributed by atoms with E-state index >= 15 is 0 Å². The lowest BCUT2D eigenvalue weighted by molar-refractivity contribution is 0.293. The highest BCUT2D eigenvalue weighted by Crippen LogP contribution is 2.33. The van der Waals surface area contributed by atoms with E-state index in [-0.39, 0.29) is 6.04 Å². The van der Waals surface area contributed by atoms with E-state index in [2.05, 4.69) is 82.5 Å². The minimum absolute atomic E-state index is 0.133. The van der Waals surface area contributed by atoms with Gasteiger partial charge < -0.3 is 14.8 Å². The number of aryl methyl sites for hydroxylation is 1. The van der Waals surface area contributed by atoms with Crippen LogP contribution in [0.5, 0.6) is 0 Å². The summed E-state index contributed by atoms with van der Waals surface area (Å²) in [6.45, 7) is 3.93. The number of rotatable bonds is 2. The minimum Gasteiger partial charge on any atom is -0.348 e. The van der Waals surface area contributed by atoms with Crippen molar-refractivity contribution in [1.82, 2.24) is 9.47 Å². The average Bonchev–Trinajstić information content (AvgIpc) is 3.12. The first kappa shape index (κ1) is 15.9. The van der Waals surface area contributed by atoms with Crippen LogP contribution in [0.15, 0.2) is 72.9 Å². The maximum absolute atomic E-state index is 5.80. The SMILES string of the molecule is Cc1ccccc1NC(=S)N1CCn2cccc2[C@@H]1c1ccccc1. The fraction of sp³-hybridized carbons (Fsp3) is 0.190. The van der Waals surface area contributed by atoms with Crippen molar-refractivity contribution in [3.63, 3.8) is 0 Å². The highest BCUT2D eigenvalue weighted by Gasteiger charge is 2.30. The zero-order valence-electron chi connectivity index (χ0n) is 14.2. The maximum Gasteiger partial charge on any atom is 0.174 e. The number of fused-ring (bicyclic) bond motifs is 1. The molecule has 1 aliphatic heterocycles. The van der Waals surface area contributed by atoms with Crippen LogP contribution in [0.3, 0.4) is 0 Å². The Hall–Kier alpha value is -2.59. The van der Waals surface area contributed by atoms with E-state index in [1.807, 2.05) is 12.1 Å². The van der Waals surface area contributed by atoms with Crippen LogP contribution in [0.4, 0.5) is 5.69 Å². The third-order valence-electron chi connectivity index (χ3n) is 4.80. The lowest BCUT2D eigenvalue weighted by Crippen LogP contribution is -2.44. The van der Waals surface area contributed by atoms with Gasteiger partial charge in [-0.25, -0.2) is 0 Å². The fourth-order valence-corrected chi connectivity index (χ4v) is 3.80. The second-order valence-corrected chi connectivity index (χ2v) is 6.76. The van der Waals surface area contributed by atoms with Gasteiger partial charge in [0.1, 0.15) is 0 Å². The third kappa shape index (κ3) is 3.05. The zero-order valence-corrected chi connectivity index (χ0v) is 15.0. The van der Waals surface area contributed by atoms with E-state index in [9.17, 15) is 0 Å². The Balaban J connectivity index is 1.68. The van der Waals surface area contributed by atoms with Crippen LogP contribution >= 0.6 is 12.2 Å². The van der Waals surface area contributed by atoms with Gasteiger partial charge in [-0.2, -0.15) is 0 Å². The normalized spacial score (nSPS) is 16.4. The molecule has 25 heavy (non-hydrogen) atoms. The number of thiocarbonyl (C=S) groups is 1. The van der Waals surface area contributed by atoms with Crippen molar-refractivity contribution < 1.29 is 0 Å². The molecule has 0 aliphatic carbocycles. The van der Waals surface area contributed by atoms with E-state index in [0.29, 0.717) is 0 Å². The molecular formula is C21H21N3S. The molecule has 0 unspecified atom stereocenters. The molecule has 4 heteroatoms. The van der Waals surface area contributed by atoms with Crippen molar-refractivity contribution in [3.8, 4) is 0 Å². The Morgan fingerprint density at radius 2 is 1.72 bits per heavy atom. The van der Waals surface area contributed by atoms with Gasteiger partial charge in [0.25, 0.3) is 0 Å². The molecule has 3 nitrogen and oxygen atoms in total. The number of nitrogens with zero attached hydrogens (tertiary/aromatic N) is 2. The Morgan fingerprint density at radius 3 is 2.52 bits per heavy atom. The van der Waals surface area contributed by atoms with Gasteiger partial charge in [0, 0.05) is 30.7 Å². The Kier molecular flexibility index (Phi) is 4.28.